The Labute approximate surface area is 129 Å². The molecule has 2 N–H and O–H groups in total. The molecule has 1 aliphatic rings. The number of ether oxygens (including phenoxy) is 1. The largest absolute Gasteiger partial charge is 0.444 e. The normalized spacial score (nSPS) is 15.6. The second kappa shape index (κ2) is 6.17. The van der Waals surface area contributed by atoms with Crippen LogP contribution in [-0.2, 0) is 4.74 Å². The molecule has 0 spiro atoms. The van der Waals surface area contributed by atoms with Gasteiger partial charge in [0.25, 0.3) is 5.91 Å². The van der Waals surface area contributed by atoms with Crippen LogP contribution in [0.1, 0.15) is 31.1 Å². The topological polar surface area (TPSA) is 102 Å². The van der Waals surface area contributed by atoms with Crippen LogP contribution in [0.2, 0.25) is 0 Å². The average molecular weight is 307 g/mol. The third kappa shape index (κ3) is 4.06. The Hall–Kier alpha value is -2.38. The van der Waals surface area contributed by atoms with E-state index in [0.717, 1.165) is 0 Å². The third-order valence-electron chi connectivity index (χ3n) is 3.14. The zero-order valence-electron chi connectivity index (χ0n) is 13.1. The lowest BCUT2D eigenvalue weighted by atomic mass is 10.2. The fraction of sp³-hybridized carbons (Fsp3) is 0.571. The summed E-state index contributed by atoms with van der Waals surface area (Å²) in [6.45, 7) is 7.25. The van der Waals surface area contributed by atoms with Gasteiger partial charge in [-0.15, -0.1) is 0 Å². The van der Waals surface area contributed by atoms with Crippen LogP contribution >= 0.6 is 0 Å². The maximum absolute atomic E-state index is 12.3. The Kier molecular flexibility index (Phi) is 4.48. The number of anilines is 1. The van der Waals surface area contributed by atoms with Crippen LogP contribution in [0.3, 0.4) is 0 Å². The quantitative estimate of drug-likeness (QED) is 0.821. The molecule has 22 heavy (non-hydrogen) atoms. The Balaban J connectivity index is 1.90. The van der Waals surface area contributed by atoms with Gasteiger partial charge in [-0.2, -0.15) is 0 Å². The number of nitrogen functional groups attached to an aromatic ring is 1. The molecule has 2 rings (SSSR count). The minimum absolute atomic E-state index is 0.131. The number of hydrogen-bond acceptors (Lipinski definition) is 6. The number of amides is 2. The van der Waals surface area contributed by atoms with Crippen LogP contribution < -0.4 is 5.73 Å². The van der Waals surface area contributed by atoms with Crippen LogP contribution in [0.25, 0.3) is 0 Å². The molecule has 120 valence electrons. The van der Waals surface area contributed by atoms with Crippen molar-refractivity contribution in [2.45, 2.75) is 26.4 Å². The minimum Gasteiger partial charge on any atom is -0.444 e. The van der Waals surface area contributed by atoms with E-state index in [2.05, 4.69) is 9.97 Å². The first kappa shape index (κ1) is 16.0. The second-order valence-corrected chi connectivity index (χ2v) is 6.09. The van der Waals surface area contributed by atoms with E-state index in [1.165, 1.54) is 12.4 Å². The molecule has 8 heteroatoms. The maximum Gasteiger partial charge on any atom is 0.410 e. The van der Waals surface area contributed by atoms with Crippen LogP contribution in [0.15, 0.2) is 12.4 Å². The molecule has 0 aromatic carbocycles. The molecular weight excluding hydrogens is 286 g/mol. The van der Waals surface area contributed by atoms with Crippen molar-refractivity contribution < 1.29 is 14.3 Å². The average Bonchev–Trinajstić information content (AvgIpc) is 2.46. The maximum atomic E-state index is 12.3. The molecule has 8 nitrogen and oxygen atoms in total. The lowest BCUT2D eigenvalue weighted by molar-refractivity contribution is 0.0141. The van der Waals surface area contributed by atoms with Gasteiger partial charge in [-0.25, -0.2) is 14.8 Å². The molecule has 2 heterocycles. The Bertz CT molecular complexity index is 545. The molecule has 1 saturated heterocycles. The summed E-state index contributed by atoms with van der Waals surface area (Å²) in [6, 6.07) is 0. The van der Waals surface area contributed by atoms with Crippen LogP contribution in [0.4, 0.5) is 10.7 Å². The molecule has 2 amide bonds. The van der Waals surface area contributed by atoms with E-state index in [1.807, 2.05) is 20.8 Å². The van der Waals surface area contributed by atoms with Gasteiger partial charge in [0.1, 0.15) is 5.60 Å². The Morgan fingerprint density at radius 1 is 1.09 bits per heavy atom. The molecule has 0 aliphatic carbocycles. The van der Waals surface area contributed by atoms with E-state index < -0.39 is 5.60 Å². The first-order chi connectivity index (χ1) is 10.3. The highest BCUT2D eigenvalue weighted by Gasteiger charge is 2.28. The van der Waals surface area contributed by atoms with Crippen molar-refractivity contribution in [3.8, 4) is 0 Å². The molecule has 1 aliphatic heterocycles. The van der Waals surface area contributed by atoms with Gasteiger partial charge in [-0.3, -0.25) is 4.79 Å². The van der Waals surface area contributed by atoms with Crippen LogP contribution in [0.5, 0.6) is 0 Å². The van der Waals surface area contributed by atoms with Gasteiger partial charge in [0, 0.05) is 38.6 Å². The van der Waals surface area contributed by atoms with E-state index in [-0.39, 0.29) is 17.9 Å². The first-order valence-electron chi connectivity index (χ1n) is 7.11. The van der Waals surface area contributed by atoms with Gasteiger partial charge in [0.2, 0.25) is 5.95 Å². The summed E-state index contributed by atoms with van der Waals surface area (Å²) in [7, 11) is 0. The van der Waals surface area contributed by atoms with Gasteiger partial charge in [-0.05, 0) is 20.8 Å². The van der Waals surface area contributed by atoms with E-state index in [0.29, 0.717) is 31.7 Å². The fourth-order valence-electron chi connectivity index (χ4n) is 2.05. The fourth-order valence-corrected chi connectivity index (χ4v) is 2.05. The van der Waals surface area contributed by atoms with E-state index in [9.17, 15) is 9.59 Å². The highest BCUT2D eigenvalue weighted by atomic mass is 16.6. The summed E-state index contributed by atoms with van der Waals surface area (Å²) in [4.78, 5) is 35.1. The van der Waals surface area contributed by atoms with Gasteiger partial charge < -0.3 is 20.3 Å². The molecule has 1 aromatic heterocycles. The number of carbonyl (C=O) groups is 2. The van der Waals surface area contributed by atoms with Crippen LogP contribution in [-0.4, -0.2) is 63.5 Å². The predicted octanol–water partition coefficient (Wildman–Crippen LogP) is 0.752. The summed E-state index contributed by atoms with van der Waals surface area (Å²) in [5.41, 5.74) is 5.27. The summed E-state index contributed by atoms with van der Waals surface area (Å²) < 4.78 is 5.32. The van der Waals surface area contributed by atoms with Crippen molar-refractivity contribution in [3.63, 3.8) is 0 Å². The van der Waals surface area contributed by atoms with Crippen molar-refractivity contribution in [2.75, 3.05) is 31.9 Å². The number of nitrogens with zero attached hydrogens (tertiary/aromatic N) is 4. The molecule has 1 fully saturated rings. The molecule has 0 atom stereocenters. The molecule has 0 radical (unpaired) electrons. The van der Waals surface area contributed by atoms with Crippen LogP contribution in [0, 0.1) is 0 Å². The zero-order valence-corrected chi connectivity index (χ0v) is 13.1. The van der Waals surface area contributed by atoms with Crippen molar-refractivity contribution >= 4 is 17.9 Å². The number of piperazine rings is 1. The van der Waals surface area contributed by atoms with Gasteiger partial charge in [0.05, 0.1) is 5.56 Å². The second-order valence-electron chi connectivity index (χ2n) is 6.09. The summed E-state index contributed by atoms with van der Waals surface area (Å²) in [6.07, 6.45) is 2.46. The summed E-state index contributed by atoms with van der Waals surface area (Å²) >= 11 is 0. The van der Waals surface area contributed by atoms with Gasteiger partial charge in [0.15, 0.2) is 0 Å². The lowest BCUT2D eigenvalue weighted by Gasteiger charge is -2.35. The van der Waals surface area contributed by atoms with Crippen molar-refractivity contribution in [1.29, 1.82) is 0 Å². The summed E-state index contributed by atoms with van der Waals surface area (Å²) in [5.74, 6) is -0.0323. The molecule has 1 aromatic rings. The number of nitrogens with two attached hydrogens (primary N) is 1. The van der Waals surface area contributed by atoms with Gasteiger partial charge in [-0.1, -0.05) is 0 Å². The Morgan fingerprint density at radius 3 is 2.09 bits per heavy atom. The number of hydrogen-bond donors (Lipinski definition) is 1. The van der Waals surface area contributed by atoms with Crippen molar-refractivity contribution in [1.82, 2.24) is 19.8 Å². The lowest BCUT2D eigenvalue weighted by Crippen LogP contribution is -2.51. The number of rotatable bonds is 1. The van der Waals surface area contributed by atoms with Gasteiger partial charge >= 0.3 is 6.09 Å². The SMILES string of the molecule is CC(C)(C)OC(=O)N1CCN(C(=O)c2cnc(N)nc2)CC1. The zero-order chi connectivity index (χ0) is 16.3. The third-order valence-corrected chi connectivity index (χ3v) is 3.14. The molecular formula is C14H21N5O3. The standard InChI is InChI=1S/C14H21N5O3/c1-14(2,3)22-13(21)19-6-4-18(5-7-19)11(20)10-8-16-12(15)17-9-10/h8-9H,4-7H2,1-3H3,(H2,15,16,17). The predicted molar refractivity (Wildman–Crippen MR) is 80.2 cm³/mol. The minimum atomic E-state index is -0.522. The smallest absolute Gasteiger partial charge is 0.410 e. The monoisotopic (exact) mass is 307 g/mol. The number of carbonyl (C=O) groups excluding carboxylic acids is 2. The van der Waals surface area contributed by atoms with E-state index in [1.54, 1.807) is 9.80 Å². The van der Waals surface area contributed by atoms with E-state index >= 15 is 0 Å². The number of aromatic nitrogens is 2. The van der Waals surface area contributed by atoms with Crippen molar-refractivity contribution in [2.24, 2.45) is 0 Å². The molecule has 0 saturated carbocycles. The van der Waals surface area contributed by atoms with E-state index in [4.69, 9.17) is 10.5 Å². The molecule has 0 bridgehead atoms. The highest BCUT2D eigenvalue weighted by Crippen LogP contribution is 2.13. The molecule has 0 unspecified atom stereocenters. The van der Waals surface area contributed by atoms with Crippen molar-refractivity contribution in [3.05, 3.63) is 18.0 Å². The highest BCUT2D eigenvalue weighted by molar-refractivity contribution is 5.93. The summed E-state index contributed by atoms with van der Waals surface area (Å²) in [5, 5.41) is 0. The first-order valence-corrected chi connectivity index (χ1v) is 7.11. The Morgan fingerprint density at radius 2 is 1.59 bits per heavy atom.